The SMILES string of the molecule is CCS(=O)(=O)Nc1ccccc1C(=O)NCc1ccccc1-c1ccc(Cn2cccn2)cc1. The Morgan fingerprint density at radius 1 is 0.941 bits per heavy atom. The van der Waals surface area contributed by atoms with Crippen LogP contribution in [0.5, 0.6) is 0 Å². The summed E-state index contributed by atoms with van der Waals surface area (Å²) in [7, 11) is -3.49. The molecule has 7 nitrogen and oxygen atoms in total. The molecule has 174 valence electrons. The fourth-order valence-corrected chi connectivity index (χ4v) is 4.26. The maximum Gasteiger partial charge on any atom is 0.253 e. The number of benzene rings is 3. The molecule has 0 aliphatic heterocycles. The Morgan fingerprint density at radius 2 is 1.68 bits per heavy atom. The Kier molecular flexibility index (Phi) is 7.08. The molecule has 8 heteroatoms. The molecule has 34 heavy (non-hydrogen) atoms. The third-order valence-corrected chi connectivity index (χ3v) is 6.73. The molecule has 3 aromatic carbocycles. The number of anilines is 1. The fraction of sp³-hybridized carbons (Fsp3) is 0.154. The van der Waals surface area contributed by atoms with E-state index in [1.807, 2.05) is 41.2 Å². The van der Waals surface area contributed by atoms with Crippen molar-refractivity contribution in [3.63, 3.8) is 0 Å². The molecule has 0 saturated heterocycles. The number of carbonyl (C=O) groups excluding carboxylic acids is 1. The largest absolute Gasteiger partial charge is 0.348 e. The zero-order chi connectivity index (χ0) is 24.0. The highest BCUT2D eigenvalue weighted by Crippen LogP contribution is 2.25. The van der Waals surface area contributed by atoms with Gasteiger partial charge in [-0.1, -0.05) is 60.7 Å². The molecule has 0 saturated carbocycles. The van der Waals surface area contributed by atoms with Crippen LogP contribution in [-0.2, 0) is 23.1 Å². The third-order valence-electron chi connectivity index (χ3n) is 5.44. The second-order valence-corrected chi connectivity index (χ2v) is 9.80. The maximum atomic E-state index is 12.9. The first-order valence-electron chi connectivity index (χ1n) is 11.0. The number of rotatable bonds is 9. The summed E-state index contributed by atoms with van der Waals surface area (Å²) >= 11 is 0. The van der Waals surface area contributed by atoms with E-state index in [0.717, 1.165) is 22.3 Å². The Labute approximate surface area is 199 Å². The summed E-state index contributed by atoms with van der Waals surface area (Å²) in [5, 5.41) is 7.17. The van der Waals surface area contributed by atoms with Gasteiger partial charge in [0.25, 0.3) is 5.91 Å². The van der Waals surface area contributed by atoms with Gasteiger partial charge in [0.15, 0.2) is 0 Å². The Morgan fingerprint density at radius 3 is 2.41 bits per heavy atom. The number of para-hydroxylation sites is 1. The maximum absolute atomic E-state index is 12.9. The smallest absolute Gasteiger partial charge is 0.253 e. The number of sulfonamides is 1. The molecule has 0 fully saturated rings. The molecule has 1 amide bonds. The lowest BCUT2D eigenvalue weighted by atomic mass is 9.98. The van der Waals surface area contributed by atoms with E-state index in [9.17, 15) is 13.2 Å². The van der Waals surface area contributed by atoms with Crippen molar-refractivity contribution in [3.05, 3.63) is 108 Å². The molecule has 4 aromatic rings. The Hall–Kier alpha value is -3.91. The number of nitrogens with zero attached hydrogens (tertiary/aromatic N) is 2. The van der Waals surface area contributed by atoms with Gasteiger partial charge in [-0.15, -0.1) is 0 Å². The van der Waals surface area contributed by atoms with Crippen LogP contribution in [-0.4, -0.2) is 29.9 Å². The molecule has 1 aromatic heterocycles. The van der Waals surface area contributed by atoms with E-state index in [1.54, 1.807) is 37.4 Å². The van der Waals surface area contributed by atoms with Gasteiger partial charge in [0, 0.05) is 18.9 Å². The van der Waals surface area contributed by atoms with Crippen molar-refractivity contribution in [2.75, 3.05) is 10.5 Å². The summed E-state index contributed by atoms with van der Waals surface area (Å²) in [4.78, 5) is 12.9. The molecule has 2 N–H and O–H groups in total. The molecule has 0 aliphatic carbocycles. The van der Waals surface area contributed by atoms with Crippen molar-refractivity contribution in [3.8, 4) is 11.1 Å². The quantitative estimate of drug-likeness (QED) is 0.378. The molecule has 0 bridgehead atoms. The standard InChI is InChI=1S/C26H26N4O3S/c1-2-34(32,33)29-25-11-6-5-10-24(25)26(31)27-18-22-8-3-4-9-23(22)21-14-12-20(13-15-21)19-30-17-7-16-28-30/h3-17,29H,2,18-19H2,1H3,(H,27,31). The molecule has 4 rings (SSSR count). The lowest BCUT2D eigenvalue weighted by Crippen LogP contribution is -2.25. The minimum absolute atomic E-state index is 0.0724. The number of hydrogen-bond acceptors (Lipinski definition) is 4. The summed E-state index contributed by atoms with van der Waals surface area (Å²) in [6.07, 6.45) is 3.69. The van der Waals surface area contributed by atoms with E-state index in [0.29, 0.717) is 13.1 Å². The monoisotopic (exact) mass is 474 g/mol. The van der Waals surface area contributed by atoms with Crippen molar-refractivity contribution in [1.29, 1.82) is 0 Å². The average Bonchev–Trinajstić information content (AvgIpc) is 3.36. The van der Waals surface area contributed by atoms with Crippen LogP contribution < -0.4 is 10.0 Å². The summed E-state index contributed by atoms with van der Waals surface area (Å²) in [5.74, 6) is -0.421. The van der Waals surface area contributed by atoms with Crippen LogP contribution in [0.1, 0.15) is 28.4 Å². The second kappa shape index (κ2) is 10.4. The van der Waals surface area contributed by atoms with Gasteiger partial charge in [0.05, 0.1) is 23.5 Å². The van der Waals surface area contributed by atoms with Crippen LogP contribution in [0.4, 0.5) is 5.69 Å². The zero-order valence-electron chi connectivity index (χ0n) is 18.8. The normalized spacial score (nSPS) is 11.2. The number of nitrogens with one attached hydrogen (secondary N) is 2. The van der Waals surface area contributed by atoms with Gasteiger partial charge in [-0.2, -0.15) is 5.10 Å². The molecule has 0 atom stereocenters. The highest BCUT2D eigenvalue weighted by atomic mass is 32.2. The van der Waals surface area contributed by atoms with Crippen molar-refractivity contribution < 1.29 is 13.2 Å². The zero-order valence-corrected chi connectivity index (χ0v) is 19.6. The summed E-state index contributed by atoms with van der Waals surface area (Å²) in [6, 6.07) is 24.6. The summed E-state index contributed by atoms with van der Waals surface area (Å²) in [5.41, 5.74) is 4.72. The van der Waals surface area contributed by atoms with E-state index in [2.05, 4.69) is 39.4 Å². The van der Waals surface area contributed by atoms with Gasteiger partial charge in [0.2, 0.25) is 10.0 Å². The minimum Gasteiger partial charge on any atom is -0.348 e. The van der Waals surface area contributed by atoms with Crippen LogP contribution in [0.25, 0.3) is 11.1 Å². The topological polar surface area (TPSA) is 93.1 Å². The van der Waals surface area contributed by atoms with Crippen LogP contribution in [0.3, 0.4) is 0 Å². The fourth-order valence-electron chi connectivity index (χ4n) is 3.61. The first kappa shape index (κ1) is 23.3. The van der Waals surface area contributed by atoms with Crippen molar-refractivity contribution >= 4 is 21.6 Å². The van der Waals surface area contributed by atoms with Crippen LogP contribution in [0.15, 0.2) is 91.3 Å². The predicted molar refractivity (Wildman–Crippen MR) is 134 cm³/mol. The van der Waals surface area contributed by atoms with Gasteiger partial charge in [-0.05, 0) is 47.4 Å². The van der Waals surface area contributed by atoms with Crippen molar-refractivity contribution in [2.45, 2.75) is 20.0 Å². The van der Waals surface area contributed by atoms with Crippen molar-refractivity contribution in [1.82, 2.24) is 15.1 Å². The second-order valence-electron chi connectivity index (χ2n) is 7.79. The van der Waals surface area contributed by atoms with Gasteiger partial charge in [0.1, 0.15) is 0 Å². The molecule has 0 unspecified atom stereocenters. The Balaban J connectivity index is 1.49. The van der Waals surface area contributed by atoms with Gasteiger partial charge in [-0.3, -0.25) is 14.2 Å². The van der Waals surface area contributed by atoms with Gasteiger partial charge in [-0.25, -0.2) is 8.42 Å². The number of aromatic nitrogens is 2. The van der Waals surface area contributed by atoms with E-state index in [-0.39, 0.29) is 22.9 Å². The predicted octanol–water partition coefficient (Wildman–Crippen LogP) is 4.29. The third kappa shape index (κ3) is 5.71. The van der Waals surface area contributed by atoms with E-state index in [1.165, 1.54) is 0 Å². The van der Waals surface area contributed by atoms with Crippen LogP contribution in [0, 0.1) is 0 Å². The van der Waals surface area contributed by atoms with Crippen LogP contribution >= 0.6 is 0 Å². The van der Waals surface area contributed by atoms with Gasteiger partial charge < -0.3 is 5.32 Å². The first-order valence-corrected chi connectivity index (χ1v) is 12.6. The van der Waals surface area contributed by atoms with Crippen LogP contribution in [0.2, 0.25) is 0 Å². The molecular weight excluding hydrogens is 448 g/mol. The van der Waals surface area contributed by atoms with E-state index in [4.69, 9.17) is 0 Å². The molecular formula is C26H26N4O3S. The molecule has 0 radical (unpaired) electrons. The van der Waals surface area contributed by atoms with Gasteiger partial charge >= 0.3 is 0 Å². The highest BCUT2D eigenvalue weighted by molar-refractivity contribution is 7.92. The lowest BCUT2D eigenvalue weighted by Gasteiger charge is -2.14. The Bertz CT molecular complexity index is 1370. The first-order chi connectivity index (χ1) is 16.4. The molecule has 1 heterocycles. The van der Waals surface area contributed by atoms with E-state index < -0.39 is 10.0 Å². The molecule has 0 aliphatic rings. The summed E-state index contributed by atoms with van der Waals surface area (Å²) in [6.45, 7) is 2.55. The number of amides is 1. The lowest BCUT2D eigenvalue weighted by molar-refractivity contribution is 0.0952. The van der Waals surface area contributed by atoms with E-state index >= 15 is 0 Å². The number of hydrogen-bond donors (Lipinski definition) is 2. The molecule has 0 spiro atoms. The average molecular weight is 475 g/mol. The number of carbonyl (C=O) groups is 1. The highest BCUT2D eigenvalue weighted by Gasteiger charge is 2.15. The minimum atomic E-state index is -3.49. The van der Waals surface area contributed by atoms with Crippen molar-refractivity contribution in [2.24, 2.45) is 0 Å². The summed E-state index contributed by atoms with van der Waals surface area (Å²) < 4.78 is 28.3.